The third-order valence-electron chi connectivity index (χ3n) is 4.71. The Morgan fingerprint density at radius 3 is 2.14 bits per heavy atom. The van der Waals surface area contributed by atoms with Crippen LogP contribution >= 0.6 is 0 Å². The van der Waals surface area contributed by atoms with Gasteiger partial charge in [0.1, 0.15) is 0 Å². The molecular weight excluding hydrogens is 272 g/mol. The minimum Gasteiger partial charge on any atom is -0.465 e. The van der Waals surface area contributed by atoms with Crippen LogP contribution in [0.4, 0.5) is 0 Å². The Morgan fingerprint density at radius 2 is 1.59 bits per heavy atom. The largest absolute Gasteiger partial charge is 0.465 e. The van der Waals surface area contributed by atoms with Gasteiger partial charge in [0.05, 0.1) is 13.2 Å². The summed E-state index contributed by atoms with van der Waals surface area (Å²) in [4.78, 5) is 11.4. The van der Waals surface area contributed by atoms with E-state index in [2.05, 4.69) is 59.0 Å². The third-order valence-corrected chi connectivity index (χ3v) is 4.71. The highest BCUT2D eigenvalue weighted by Gasteiger charge is 2.39. The Morgan fingerprint density at radius 1 is 1.05 bits per heavy atom. The zero-order valence-corrected chi connectivity index (χ0v) is 12.4. The molecule has 0 amide bonds. The standard InChI is InChI=1S/C20H16O2/c1-22-19(21)11-10-13-12-18-14-6-2-4-8-16(14)20(13)17-9-5-3-7-15(17)18/h2-9,11,18,20H,12H2,1H3. The first kappa shape index (κ1) is 13.1. The van der Waals surface area contributed by atoms with Gasteiger partial charge in [0.15, 0.2) is 0 Å². The summed E-state index contributed by atoms with van der Waals surface area (Å²) in [7, 11) is 1.39. The van der Waals surface area contributed by atoms with Gasteiger partial charge in [-0.25, -0.2) is 4.79 Å². The van der Waals surface area contributed by atoms with E-state index in [-0.39, 0.29) is 11.9 Å². The highest BCUT2D eigenvalue weighted by molar-refractivity contribution is 5.81. The zero-order valence-electron chi connectivity index (χ0n) is 12.4. The molecule has 0 N–H and O–H groups in total. The van der Waals surface area contributed by atoms with Crippen LogP contribution < -0.4 is 0 Å². The highest BCUT2D eigenvalue weighted by atomic mass is 16.5. The van der Waals surface area contributed by atoms with Crippen molar-refractivity contribution in [3.05, 3.63) is 88.2 Å². The van der Waals surface area contributed by atoms with Crippen LogP contribution in [-0.4, -0.2) is 13.1 Å². The van der Waals surface area contributed by atoms with Crippen molar-refractivity contribution < 1.29 is 9.53 Å². The number of ether oxygens (including phenoxy) is 1. The van der Waals surface area contributed by atoms with Crippen LogP contribution in [0.1, 0.15) is 40.5 Å². The molecule has 0 saturated heterocycles. The van der Waals surface area contributed by atoms with E-state index in [0.29, 0.717) is 5.92 Å². The van der Waals surface area contributed by atoms with Crippen molar-refractivity contribution in [2.45, 2.75) is 18.3 Å². The summed E-state index contributed by atoms with van der Waals surface area (Å²) < 4.78 is 4.69. The van der Waals surface area contributed by atoms with Gasteiger partial charge in [-0.3, -0.25) is 0 Å². The van der Waals surface area contributed by atoms with Crippen LogP contribution in [0.3, 0.4) is 0 Å². The van der Waals surface area contributed by atoms with Crippen molar-refractivity contribution >= 4 is 5.97 Å². The molecule has 0 saturated carbocycles. The van der Waals surface area contributed by atoms with E-state index in [4.69, 9.17) is 0 Å². The molecule has 0 atom stereocenters. The van der Waals surface area contributed by atoms with Crippen LogP contribution in [0.5, 0.6) is 0 Å². The molecule has 0 radical (unpaired) electrons. The molecule has 2 aromatic rings. The predicted octanol–water partition coefficient (Wildman–Crippen LogP) is 3.92. The van der Waals surface area contributed by atoms with Crippen molar-refractivity contribution in [2.75, 3.05) is 7.11 Å². The number of carbonyl (C=O) groups is 1. The molecule has 2 bridgehead atoms. The number of methoxy groups -OCH3 is 1. The van der Waals surface area contributed by atoms with Gasteiger partial charge in [-0.05, 0) is 34.2 Å². The normalized spacial score (nSPS) is 20.7. The highest BCUT2D eigenvalue weighted by Crippen LogP contribution is 2.54. The first-order chi connectivity index (χ1) is 10.8. The summed E-state index contributed by atoms with van der Waals surface area (Å²) in [6.07, 6.45) is 2.34. The monoisotopic (exact) mass is 288 g/mol. The summed E-state index contributed by atoms with van der Waals surface area (Å²) in [5.41, 5.74) is 9.89. The number of esters is 1. The van der Waals surface area contributed by atoms with E-state index in [0.717, 1.165) is 6.42 Å². The van der Waals surface area contributed by atoms with Gasteiger partial charge in [0.2, 0.25) is 0 Å². The molecule has 0 unspecified atom stereocenters. The topological polar surface area (TPSA) is 26.3 Å². The molecule has 3 aliphatic carbocycles. The fraction of sp³-hybridized carbons (Fsp3) is 0.200. The van der Waals surface area contributed by atoms with Gasteiger partial charge >= 0.3 is 5.97 Å². The zero-order chi connectivity index (χ0) is 15.1. The van der Waals surface area contributed by atoms with Gasteiger partial charge in [0.25, 0.3) is 0 Å². The second-order valence-corrected chi connectivity index (χ2v) is 5.78. The van der Waals surface area contributed by atoms with E-state index >= 15 is 0 Å². The molecule has 3 aliphatic rings. The van der Waals surface area contributed by atoms with Crippen molar-refractivity contribution in [1.82, 2.24) is 0 Å². The molecule has 2 heteroatoms. The molecule has 0 aromatic heterocycles. The Balaban J connectivity index is 1.93. The van der Waals surface area contributed by atoms with Crippen molar-refractivity contribution in [1.29, 1.82) is 0 Å². The molecule has 2 nitrogen and oxygen atoms in total. The van der Waals surface area contributed by atoms with E-state index in [1.165, 1.54) is 41.0 Å². The predicted molar refractivity (Wildman–Crippen MR) is 84.8 cm³/mol. The molecular formula is C20H16O2. The Hall–Kier alpha value is -2.57. The van der Waals surface area contributed by atoms with Gasteiger partial charge < -0.3 is 4.74 Å². The summed E-state index contributed by atoms with van der Waals surface area (Å²) in [5.74, 6) is 0.222. The lowest BCUT2D eigenvalue weighted by molar-refractivity contribution is -0.134. The Labute approximate surface area is 129 Å². The fourth-order valence-corrected chi connectivity index (χ4v) is 3.80. The fourth-order valence-electron chi connectivity index (χ4n) is 3.80. The lowest BCUT2D eigenvalue weighted by Crippen LogP contribution is -2.26. The summed E-state index contributed by atoms with van der Waals surface area (Å²) in [5, 5.41) is 0. The van der Waals surface area contributed by atoms with Crippen molar-refractivity contribution in [3.63, 3.8) is 0 Å². The lowest BCUT2D eigenvalue weighted by Gasteiger charge is -2.41. The number of fused-ring (bicyclic) bond motifs is 1. The summed E-state index contributed by atoms with van der Waals surface area (Å²) in [6, 6.07) is 17.2. The van der Waals surface area contributed by atoms with Crippen LogP contribution in [-0.2, 0) is 9.53 Å². The van der Waals surface area contributed by atoms with Gasteiger partial charge in [-0.1, -0.05) is 48.5 Å². The minimum absolute atomic E-state index is 0.207. The third kappa shape index (κ3) is 1.85. The smallest absolute Gasteiger partial charge is 0.338 e. The molecule has 5 rings (SSSR count). The molecule has 0 fully saturated rings. The second-order valence-electron chi connectivity index (χ2n) is 5.78. The number of hydrogen-bond donors (Lipinski definition) is 0. The van der Waals surface area contributed by atoms with Crippen LogP contribution in [0.2, 0.25) is 0 Å². The van der Waals surface area contributed by atoms with Crippen LogP contribution in [0, 0.1) is 0 Å². The number of hydrogen-bond acceptors (Lipinski definition) is 2. The molecule has 0 spiro atoms. The number of benzene rings is 2. The molecule has 0 aliphatic heterocycles. The first-order valence-corrected chi connectivity index (χ1v) is 7.50. The van der Waals surface area contributed by atoms with Gasteiger partial charge in [-0.2, -0.15) is 0 Å². The van der Waals surface area contributed by atoms with Gasteiger partial charge in [0, 0.05) is 11.8 Å². The maximum absolute atomic E-state index is 11.4. The quantitative estimate of drug-likeness (QED) is 0.451. The van der Waals surface area contributed by atoms with E-state index in [1.54, 1.807) is 0 Å². The van der Waals surface area contributed by atoms with Crippen LogP contribution in [0.15, 0.2) is 65.9 Å². The Bertz CT molecular complexity index is 778. The maximum Gasteiger partial charge on any atom is 0.338 e. The number of rotatable bonds is 1. The number of carbonyl (C=O) groups excluding carboxylic acids is 1. The van der Waals surface area contributed by atoms with Crippen molar-refractivity contribution in [2.24, 2.45) is 0 Å². The summed E-state index contributed by atoms with van der Waals surface area (Å²) >= 11 is 0. The summed E-state index contributed by atoms with van der Waals surface area (Å²) in [6.45, 7) is 0. The van der Waals surface area contributed by atoms with E-state index in [1.807, 2.05) is 0 Å². The average Bonchev–Trinajstić information content (AvgIpc) is 2.59. The second kappa shape index (κ2) is 5.01. The average molecular weight is 288 g/mol. The van der Waals surface area contributed by atoms with E-state index in [9.17, 15) is 4.79 Å². The molecule has 22 heavy (non-hydrogen) atoms. The SMILES string of the molecule is COC(=O)C=C=C1CC2c3ccccc3C1c1ccccc12. The van der Waals surface area contributed by atoms with Crippen molar-refractivity contribution in [3.8, 4) is 0 Å². The van der Waals surface area contributed by atoms with Gasteiger partial charge in [-0.15, -0.1) is 5.73 Å². The maximum atomic E-state index is 11.4. The minimum atomic E-state index is -0.351. The Kier molecular flexibility index (Phi) is 2.99. The van der Waals surface area contributed by atoms with E-state index < -0.39 is 0 Å². The molecule has 2 aromatic carbocycles. The first-order valence-electron chi connectivity index (χ1n) is 7.50. The van der Waals surface area contributed by atoms with Crippen LogP contribution in [0.25, 0.3) is 0 Å². The molecule has 0 heterocycles. The lowest BCUT2D eigenvalue weighted by atomic mass is 9.62. The molecule has 108 valence electrons.